The van der Waals surface area contributed by atoms with Crippen LogP contribution in [0.1, 0.15) is 5.56 Å². The van der Waals surface area contributed by atoms with Crippen molar-refractivity contribution in [2.45, 2.75) is 6.92 Å². The number of aromatic amines is 1. The van der Waals surface area contributed by atoms with Crippen molar-refractivity contribution in [2.75, 3.05) is 0 Å². The number of aromatic nitrogens is 1. The molecule has 5 aromatic carbocycles. The summed E-state index contributed by atoms with van der Waals surface area (Å²) < 4.78 is 2.71. The number of fused-ring (bicyclic) bond motifs is 6. The molecule has 0 aliphatic heterocycles. The van der Waals surface area contributed by atoms with Crippen molar-refractivity contribution in [2.24, 2.45) is 0 Å². The van der Waals surface area contributed by atoms with Crippen molar-refractivity contribution >= 4 is 53.3 Å². The van der Waals surface area contributed by atoms with Crippen LogP contribution in [0.4, 0.5) is 0 Å². The van der Waals surface area contributed by atoms with Crippen LogP contribution in [0.5, 0.6) is 0 Å². The lowest BCUT2D eigenvalue weighted by Gasteiger charge is -2.04. The molecule has 1 N–H and O–H groups in total. The van der Waals surface area contributed by atoms with Gasteiger partial charge in [-0.2, -0.15) is 0 Å². The molecule has 2 heterocycles. The Hall–Kier alpha value is -3.88. The third-order valence-electron chi connectivity index (χ3n) is 6.70. The molecule has 0 bridgehead atoms. The van der Waals surface area contributed by atoms with Crippen LogP contribution in [0.15, 0.2) is 103 Å². The molecule has 7 rings (SSSR count). The molecule has 0 unspecified atom stereocenters. The minimum atomic E-state index is 1.19. The maximum atomic E-state index is 3.55. The molecule has 7 aromatic rings. The first-order valence-electron chi connectivity index (χ1n) is 11.3. The van der Waals surface area contributed by atoms with Crippen molar-refractivity contribution in [1.29, 1.82) is 0 Å². The van der Waals surface area contributed by atoms with Gasteiger partial charge in [-0.05, 0) is 47.4 Å². The second kappa shape index (κ2) is 7.06. The number of H-pyrrole nitrogens is 1. The van der Waals surface area contributed by atoms with E-state index in [9.17, 15) is 0 Å². The van der Waals surface area contributed by atoms with Gasteiger partial charge in [0.05, 0.1) is 0 Å². The number of para-hydroxylation sites is 1. The fourth-order valence-corrected chi connectivity index (χ4v) is 6.40. The lowest BCUT2D eigenvalue weighted by molar-refractivity contribution is 1.47. The van der Waals surface area contributed by atoms with Crippen molar-refractivity contribution in [3.8, 4) is 22.3 Å². The fourth-order valence-electron chi connectivity index (χ4n) is 5.02. The number of rotatable bonds is 2. The summed E-state index contributed by atoms with van der Waals surface area (Å²) in [7, 11) is 0. The van der Waals surface area contributed by atoms with E-state index in [1.165, 1.54) is 69.8 Å². The first-order chi connectivity index (χ1) is 16.3. The van der Waals surface area contributed by atoms with E-state index < -0.39 is 0 Å². The van der Waals surface area contributed by atoms with Crippen molar-refractivity contribution in [1.82, 2.24) is 4.98 Å². The summed E-state index contributed by atoms with van der Waals surface area (Å²) in [4.78, 5) is 3.55. The second-order valence-corrected chi connectivity index (χ2v) is 9.78. The number of nitrogens with one attached hydrogen (secondary N) is 1. The van der Waals surface area contributed by atoms with Gasteiger partial charge in [-0.25, -0.2) is 0 Å². The van der Waals surface area contributed by atoms with Crippen LogP contribution >= 0.6 is 11.3 Å². The van der Waals surface area contributed by atoms with Crippen LogP contribution < -0.4 is 0 Å². The Morgan fingerprint density at radius 2 is 1.12 bits per heavy atom. The average Bonchev–Trinajstić information content (AvgIpc) is 3.42. The molecule has 2 aromatic heterocycles. The largest absolute Gasteiger partial charge is 0.355 e. The first kappa shape index (κ1) is 18.7. The minimum Gasteiger partial charge on any atom is -0.355 e. The third kappa shape index (κ3) is 2.84. The maximum Gasteiger partial charge on any atom is 0.0465 e. The van der Waals surface area contributed by atoms with Gasteiger partial charge in [0.25, 0.3) is 0 Å². The highest BCUT2D eigenvalue weighted by Crippen LogP contribution is 2.44. The number of aryl methyl sites for hydroxylation is 1. The van der Waals surface area contributed by atoms with E-state index in [4.69, 9.17) is 0 Å². The highest BCUT2D eigenvalue weighted by molar-refractivity contribution is 7.26. The van der Waals surface area contributed by atoms with E-state index in [0.29, 0.717) is 0 Å². The van der Waals surface area contributed by atoms with Crippen LogP contribution in [0.25, 0.3) is 64.2 Å². The van der Waals surface area contributed by atoms with Crippen LogP contribution in [0, 0.1) is 6.92 Å². The molecule has 0 fully saturated rings. The Bertz CT molecular complexity index is 1820. The maximum absolute atomic E-state index is 3.55. The van der Waals surface area contributed by atoms with Gasteiger partial charge in [0.15, 0.2) is 0 Å². The number of hydrogen-bond acceptors (Lipinski definition) is 1. The highest BCUT2D eigenvalue weighted by atomic mass is 32.1. The Labute approximate surface area is 195 Å². The van der Waals surface area contributed by atoms with E-state index in [1.807, 2.05) is 11.3 Å². The van der Waals surface area contributed by atoms with Crippen molar-refractivity contribution in [3.63, 3.8) is 0 Å². The van der Waals surface area contributed by atoms with Gasteiger partial charge in [0.2, 0.25) is 0 Å². The van der Waals surface area contributed by atoms with Gasteiger partial charge < -0.3 is 4.98 Å². The van der Waals surface area contributed by atoms with Gasteiger partial charge in [-0.15, -0.1) is 11.3 Å². The lowest BCUT2D eigenvalue weighted by atomic mass is 9.99. The Morgan fingerprint density at radius 1 is 0.515 bits per heavy atom. The average molecular weight is 440 g/mol. The molecule has 0 radical (unpaired) electrons. The molecule has 0 spiro atoms. The van der Waals surface area contributed by atoms with Crippen LogP contribution in [-0.2, 0) is 0 Å². The predicted octanol–water partition coefficient (Wildman–Crippen LogP) is 9.33. The number of benzene rings is 5. The van der Waals surface area contributed by atoms with Crippen LogP contribution in [0.2, 0.25) is 0 Å². The Morgan fingerprint density at radius 3 is 1.88 bits per heavy atom. The fraction of sp³-hybridized carbons (Fsp3) is 0.0323. The van der Waals surface area contributed by atoms with E-state index in [2.05, 4.69) is 115 Å². The van der Waals surface area contributed by atoms with Crippen LogP contribution in [0.3, 0.4) is 0 Å². The SMILES string of the molecule is Cc1ccc(-c2cccc3c2sc2c(-c4ccc5[nH]c6ccccc6c5c4)cccc23)cc1. The van der Waals surface area contributed by atoms with E-state index in [1.54, 1.807) is 0 Å². The summed E-state index contributed by atoms with van der Waals surface area (Å²) in [5, 5.41) is 5.23. The molecule has 0 aliphatic rings. The molecule has 156 valence electrons. The topological polar surface area (TPSA) is 15.8 Å². The molecular formula is C31H21NS. The molecule has 0 atom stereocenters. The number of hydrogen-bond donors (Lipinski definition) is 1. The van der Waals surface area contributed by atoms with E-state index in [0.717, 1.165) is 0 Å². The van der Waals surface area contributed by atoms with Gasteiger partial charge in [0.1, 0.15) is 0 Å². The monoisotopic (exact) mass is 439 g/mol. The van der Waals surface area contributed by atoms with Gasteiger partial charge in [-0.3, -0.25) is 0 Å². The van der Waals surface area contributed by atoms with Crippen molar-refractivity contribution < 1.29 is 0 Å². The number of thiophene rings is 1. The smallest absolute Gasteiger partial charge is 0.0465 e. The molecule has 0 aliphatic carbocycles. The lowest BCUT2D eigenvalue weighted by Crippen LogP contribution is -1.79. The molecular weight excluding hydrogens is 418 g/mol. The standard InChI is InChI=1S/C31H21NS/c1-19-12-14-20(15-13-19)22-7-4-9-25-26-10-5-8-23(31(26)33-30(22)25)21-16-17-29-27(18-21)24-6-2-3-11-28(24)32-29/h2-18,32H,1H3. The summed E-state index contributed by atoms with van der Waals surface area (Å²) >= 11 is 1.91. The molecule has 0 amide bonds. The van der Waals surface area contributed by atoms with E-state index >= 15 is 0 Å². The predicted molar refractivity (Wildman–Crippen MR) is 144 cm³/mol. The molecule has 0 saturated heterocycles. The molecule has 0 saturated carbocycles. The Balaban J connectivity index is 1.49. The van der Waals surface area contributed by atoms with Crippen LogP contribution in [-0.4, -0.2) is 4.98 Å². The van der Waals surface area contributed by atoms with Crippen molar-refractivity contribution in [3.05, 3.63) is 109 Å². The minimum absolute atomic E-state index is 1.19. The molecule has 2 heteroatoms. The summed E-state index contributed by atoms with van der Waals surface area (Å²) in [6.07, 6.45) is 0. The van der Waals surface area contributed by atoms with E-state index in [-0.39, 0.29) is 0 Å². The van der Waals surface area contributed by atoms with Gasteiger partial charge in [-0.1, -0.05) is 90.5 Å². The summed E-state index contributed by atoms with van der Waals surface area (Å²) in [5.74, 6) is 0. The zero-order valence-corrected chi connectivity index (χ0v) is 19.0. The van der Waals surface area contributed by atoms with Gasteiger partial charge in [0, 0.05) is 42.0 Å². The molecule has 1 nitrogen and oxygen atoms in total. The first-order valence-corrected chi connectivity index (χ1v) is 12.1. The normalized spacial score (nSPS) is 11.8. The molecule has 33 heavy (non-hydrogen) atoms. The Kier molecular flexibility index (Phi) is 3.99. The quantitative estimate of drug-likeness (QED) is 0.276. The second-order valence-electron chi connectivity index (χ2n) is 8.76. The van der Waals surface area contributed by atoms with Gasteiger partial charge >= 0.3 is 0 Å². The highest BCUT2D eigenvalue weighted by Gasteiger charge is 2.14. The zero-order chi connectivity index (χ0) is 21.9. The summed E-state index contributed by atoms with van der Waals surface area (Å²) in [5.41, 5.74) is 8.82. The third-order valence-corrected chi connectivity index (χ3v) is 7.99. The summed E-state index contributed by atoms with van der Waals surface area (Å²) in [6, 6.07) is 37.6. The summed E-state index contributed by atoms with van der Waals surface area (Å²) in [6.45, 7) is 2.14. The zero-order valence-electron chi connectivity index (χ0n) is 18.2.